The number of thiocarbonyl (C=S) groups is 1. The smallest absolute Gasteiger partial charge is 0.230 e. The summed E-state index contributed by atoms with van der Waals surface area (Å²) in [5, 5.41) is 3.08. The van der Waals surface area contributed by atoms with Crippen LogP contribution in [0.1, 0.15) is 38.8 Å². The van der Waals surface area contributed by atoms with Gasteiger partial charge < -0.3 is 10.2 Å². The molecule has 1 aromatic carbocycles. The maximum atomic E-state index is 12.1. The van der Waals surface area contributed by atoms with Gasteiger partial charge in [0.05, 0.1) is 11.8 Å². The molecule has 0 unspecified atom stereocenters. The average molecular weight is 403 g/mol. The van der Waals surface area contributed by atoms with Gasteiger partial charge in [-0.3, -0.25) is 4.79 Å². The van der Waals surface area contributed by atoms with Crippen molar-refractivity contribution in [2.45, 2.75) is 33.2 Å². The van der Waals surface area contributed by atoms with E-state index in [9.17, 15) is 4.79 Å². The molecule has 0 fully saturated rings. The highest BCUT2D eigenvalue weighted by Crippen LogP contribution is 2.20. The van der Waals surface area contributed by atoms with E-state index in [0.717, 1.165) is 33.9 Å². The molecule has 0 heterocycles. The number of nitrogens with one attached hydrogen (secondary N) is 1. The van der Waals surface area contributed by atoms with Gasteiger partial charge in [-0.1, -0.05) is 59.0 Å². The van der Waals surface area contributed by atoms with Gasteiger partial charge in [-0.2, -0.15) is 0 Å². The van der Waals surface area contributed by atoms with Gasteiger partial charge in [-0.15, -0.1) is 0 Å². The molecule has 1 N–H and O–H groups in total. The lowest BCUT2D eigenvalue weighted by atomic mass is 10.0. The molecular weight excluding hydrogens is 380 g/mol. The van der Waals surface area contributed by atoms with Gasteiger partial charge in [-0.25, -0.2) is 0 Å². The second-order valence-electron chi connectivity index (χ2n) is 4.81. The van der Waals surface area contributed by atoms with Crippen molar-refractivity contribution in [3.05, 3.63) is 34.3 Å². The standard InChI is InChI=1S/C16H23BrN2OS2/c1-4-14(12-7-9-13(17)10-8-12)18-15(20)11-22-16(21)19(5-2)6-3/h7-10,14H,4-6,11H2,1-3H3,(H,18,20)/t14-/m1/s1. The summed E-state index contributed by atoms with van der Waals surface area (Å²) >= 11 is 10.2. The molecule has 1 aromatic rings. The van der Waals surface area contributed by atoms with Crippen LogP contribution in [0.5, 0.6) is 0 Å². The first-order valence-corrected chi connectivity index (χ1v) is 9.66. The second kappa shape index (κ2) is 10.2. The summed E-state index contributed by atoms with van der Waals surface area (Å²) in [7, 11) is 0. The number of carbonyl (C=O) groups excluding carboxylic acids is 1. The summed E-state index contributed by atoms with van der Waals surface area (Å²) in [5.74, 6) is 0.386. The largest absolute Gasteiger partial charge is 0.358 e. The van der Waals surface area contributed by atoms with E-state index in [1.165, 1.54) is 11.8 Å². The molecule has 1 amide bonds. The van der Waals surface area contributed by atoms with E-state index in [0.29, 0.717) is 5.75 Å². The number of amides is 1. The van der Waals surface area contributed by atoms with Crippen molar-refractivity contribution in [1.29, 1.82) is 0 Å². The summed E-state index contributed by atoms with van der Waals surface area (Å²) in [6.07, 6.45) is 0.860. The molecule has 0 spiro atoms. The Morgan fingerprint density at radius 2 is 1.86 bits per heavy atom. The molecule has 0 aliphatic heterocycles. The quantitative estimate of drug-likeness (QED) is 0.685. The maximum Gasteiger partial charge on any atom is 0.230 e. The number of hydrogen-bond donors (Lipinski definition) is 1. The molecule has 22 heavy (non-hydrogen) atoms. The minimum absolute atomic E-state index is 0.0225. The minimum atomic E-state index is 0.0225. The maximum absolute atomic E-state index is 12.1. The van der Waals surface area contributed by atoms with Gasteiger partial charge in [0.15, 0.2) is 0 Å². The first-order chi connectivity index (χ1) is 10.5. The number of benzene rings is 1. The van der Waals surface area contributed by atoms with Gasteiger partial charge in [0, 0.05) is 17.6 Å². The molecule has 0 saturated heterocycles. The van der Waals surface area contributed by atoms with Crippen molar-refractivity contribution in [1.82, 2.24) is 10.2 Å². The molecule has 1 rings (SSSR count). The zero-order valence-electron chi connectivity index (χ0n) is 13.3. The van der Waals surface area contributed by atoms with Crippen LogP contribution < -0.4 is 5.32 Å². The van der Waals surface area contributed by atoms with Crippen LogP contribution in [-0.4, -0.2) is 34.0 Å². The molecule has 3 nitrogen and oxygen atoms in total. The monoisotopic (exact) mass is 402 g/mol. The fourth-order valence-electron chi connectivity index (χ4n) is 2.05. The fraction of sp³-hybridized carbons (Fsp3) is 0.500. The van der Waals surface area contributed by atoms with Crippen molar-refractivity contribution in [3.8, 4) is 0 Å². The Labute approximate surface area is 151 Å². The lowest BCUT2D eigenvalue weighted by molar-refractivity contribution is -0.119. The third-order valence-corrected chi connectivity index (χ3v) is 5.42. The van der Waals surface area contributed by atoms with Gasteiger partial charge in [-0.05, 0) is 38.0 Å². The zero-order chi connectivity index (χ0) is 16.5. The van der Waals surface area contributed by atoms with Crippen LogP contribution in [0.15, 0.2) is 28.7 Å². The average Bonchev–Trinajstić information content (AvgIpc) is 2.52. The molecule has 1 atom stereocenters. The molecule has 0 bridgehead atoms. The van der Waals surface area contributed by atoms with Gasteiger partial charge in [0.1, 0.15) is 4.32 Å². The Balaban J connectivity index is 2.52. The van der Waals surface area contributed by atoms with Crippen LogP contribution in [-0.2, 0) is 4.79 Å². The first kappa shape index (κ1) is 19.5. The summed E-state index contributed by atoms with van der Waals surface area (Å²) in [6, 6.07) is 8.10. The lowest BCUT2D eigenvalue weighted by Crippen LogP contribution is -2.32. The molecule has 0 radical (unpaired) electrons. The van der Waals surface area contributed by atoms with Gasteiger partial charge >= 0.3 is 0 Å². The number of halogens is 1. The van der Waals surface area contributed by atoms with E-state index >= 15 is 0 Å². The first-order valence-electron chi connectivity index (χ1n) is 7.48. The Kier molecular flexibility index (Phi) is 9.05. The molecule has 6 heteroatoms. The van der Waals surface area contributed by atoms with Crippen molar-refractivity contribution in [2.24, 2.45) is 0 Å². The van der Waals surface area contributed by atoms with E-state index in [2.05, 4.69) is 46.9 Å². The molecule has 0 saturated carbocycles. The number of thioether (sulfide) groups is 1. The molecule has 0 aliphatic rings. The van der Waals surface area contributed by atoms with E-state index in [1.807, 2.05) is 24.3 Å². The minimum Gasteiger partial charge on any atom is -0.358 e. The summed E-state index contributed by atoms with van der Waals surface area (Å²) in [4.78, 5) is 14.2. The molecule has 122 valence electrons. The lowest BCUT2D eigenvalue weighted by Gasteiger charge is -2.21. The Bertz CT molecular complexity index is 489. The number of nitrogens with zero attached hydrogens (tertiary/aromatic N) is 1. The van der Waals surface area contributed by atoms with Crippen molar-refractivity contribution in [3.63, 3.8) is 0 Å². The molecular formula is C16H23BrN2OS2. The zero-order valence-corrected chi connectivity index (χ0v) is 16.5. The summed E-state index contributed by atoms with van der Waals surface area (Å²) < 4.78 is 1.83. The van der Waals surface area contributed by atoms with Crippen LogP contribution >= 0.6 is 39.9 Å². The predicted octanol–water partition coefficient (Wildman–Crippen LogP) is 4.38. The van der Waals surface area contributed by atoms with Gasteiger partial charge in [0.2, 0.25) is 5.91 Å². The van der Waals surface area contributed by atoms with Crippen LogP contribution in [0.2, 0.25) is 0 Å². The highest BCUT2D eigenvalue weighted by Gasteiger charge is 2.14. The van der Waals surface area contributed by atoms with Crippen LogP contribution in [0.25, 0.3) is 0 Å². The highest BCUT2D eigenvalue weighted by atomic mass is 79.9. The van der Waals surface area contributed by atoms with E-state index in [1.54, 1.807) is 0 Å². The fourth-order valence-corrected chi connectivity index (χ4v) is 3.53. The molecule has 0 aromatic heterocycles. The van der Waals surface area contributed by atoms with E-state index in [4.69, 9.17) is 12.2 Å². The number of rotatable bonds is 7. The van der Waals surface area contributed by atoms with Crippen molar-refractivity contribution in [2.75, 3.05) is 18.8 Å². The Hall–Kier alpha value is -0.590. The topological polar surface area (TPSA) is 32.3 Å². The molecule has 0 aliphatic carbocycles. The Morgan fingerprint density at radius 3 is 2.36 bits per heavy atom. The van der Waals surface area contributed by atoms with E-state index in [-0.39, 0.29) is 11.9 Å². The number of hydrogen-bond acceptors (Lipinski definition) is 3. The normalized spacial score (nSPS) is 11.8. The summed E-state index contributed by atoms with van der Waals surface area (Å²) in [5.41, 5.74) is 1.12. The van der Waals surface area contributed by atoms with Crippen molar-refractivity contribution < 1.29 is 4.79 Å². The SMILES string of the molecule is CC[C@@H](NC(=O)CSC(=S)N(CC)CC)c1ccc(Br)cc1. The van der Waals surface area contributed by atoms with E-state index < -0.39 is 0 Å². The van der Waals surface area contributed by atoms with Crippen molar-refractivity contribution >= 4 is 50.1 Å². The van der Waals surface area contributed by atoms with Crippen LogP contribution in [0, 0.1) is 0 Å². The predicted molar refractivity (Wildman–Crippen MR) is 103 cm³/mol. The van der Waals surface area contributed by atoms with Crippen LogP contribution in [0.3, 0.4) is 0 Å². The van der Waals surface area contributed by atoms with Gasteiger partial charge in [0.25, 0.3) is 0 Å². The third kappa shape index (κ3) is 6.26. The highest BCUT2D eigenvalue weighted by molar-refractivity contribution is 9.10. The summed E-state index contributed by atoms with van der Waals surface area (Å²) in [6.45, 7) is 7.95. The Morgan fingerprint density at radius 1 is 1.27 bits per heavy atom. The third-order valence-electron chi connectivity index (χ3n) is 3.36. The van der Waals surface area contributed by atoms with Crippen LogP contribution in [0.4, 0.5) is 0 Å². The second-order valence-corrected chi connectivity index (χ2v) is 7.33. The number of carbonyl (C=O) groups is 1.